The maximum absolute atomic E-state index is 12.1. The fourth-order valence-corrected chi connectivity index (χ4v) is 2.23. The Bertz CT molecular complexity index is 517. The number of likely N-dealkylation sites (N-methyl/N-ethyl adjacent to an activating group) is 1. The Hall–Kier alpha value is -2.08. The Morgan fingerprint density at radius 3 is 2.33 bits per heavy atom. The molecule has 0 aliphatic rings. The summed E-state index contributed by atoms with van der Waals surface area (Å²) in [7, 11) is 1.49. The lowest BCUT2D eigenvalue weighted by Gasteiger charge is -2.23. The van der Waals surface area contributed by atoms with Crippen molar-refractivity contribution >= 4 is 12.1 Å². The molecule has 1 unspecified atom stereocenters. The van der Waals surface area contributed by atoms with Crippen LogP contribution in [0.3, 0.4) is 0 Å². The highest BCUT2D eigenvalue weighted by Gasteiger charge is 2.25. The molecule has 6 heteroatoms. The zero-order chi connectivity index (χ0) is 18.1. The van der Waals surface area contributed by atoms with Gasteiger partial charge in [-0.1, -0.05) is 44.2 Å². The number of ether oxygens (including phenoxy) is 1. The van der Waals surface area contributed by atoms with Gasteiger partial charge in [0.25, 0.3) is 0 Å². The lowest BCUT2D eigenvalue weighted by molar-refractivity contribution is -0.147. The van der Waals surface area contributed by atoms with Crippen LogP contribution in [0.2, 0.25) is 0 Å². The monoisotopic (exact) mass is 337 g/mol. The first-order valence-electron chi connectivity index (χ1n) is 8.16. The van der Waals surface area contributed by atoms with Crippen LogP contribution in [-0.2, 0) is 16.0 Å². The fraction of sp³-hybridized carbons (Fsp3) is 0.556. The van der Waals surface area contributed by atoms with Gasteiger partial charge in [-0.3, -0.25) is 0 Å². The van der Waals surface area contributed by atoms with Gasteiger partial charge < -0.3 is 19.8 Å². The molecule has 0 heterocycles. The number of hydrogen-bond donors (Lipinski definition) is 2. The van der Waals surface area contributed by atoms with Crippen LogP contribution < -0.4 is 0 Å². The number of benzene rings is 1. The largest absolute Gasteiger partial charge is 0.478 e. The minimum Gasteiger partial charge on any atom is -0.478 e. The summed E-state index contributed by atoms with van der Waals surface area (Å²) in [4.78, 5) is 24.6. The molecule has 0 spiro atoms. The van der Waals surface area contributed by atoms with Crippen LogP contribution in [0.4, 0.5) is 4.79 Å². The van der Waals surface area contributed by atoms with Gasteiger partial charge in [-0.05, 0) is 24.3 Å². The van der Waals surface area contributed by atoms with Gasteiger partial charge in [0.15, 0.2) is 0 Å². The first-order valence-corrected chi connectivity index (χ1v) is 8.16. The van der Waals surface area contributed by atoms with Crippen LogP contribution in [-0.4, -0.2) is 53.0 Å². The minimum absolute atomic E-state index is 0.103. The van der Waals surface area contributed by atoms with Crippen molar-refractivity contribution in [3.8, 4) is 0 Å². The second kappa shape index (κ2) is 9.93. The standard InChI is InChI=1S/C18H27NO5/c1-13(2)9-10-15(20)12-19(3)18(23)24-16(17(21)22)11-14-7-5-4-6-8-14/h4-8,13,15-16,20H,9-12H2,1-3H3,(H,21,22)/t15?,16-/m0/s1. The summed E-state index contributed by atoms with van der Waals surface area (Å²) in [5.41, 5.74) is 0.775. The van der Waals surface area contributed by atoms with Crippen LogP contribution in [0.5, 0.6) is 0 Å². The van der Waals surface area contributed by atoms with Crippen LogP contribution in [0, 0.1) is 5.92 Å². The van der Waals surface area contributed by atoms with E-state index in [2.05, 4.69) is 13.8 Å². The average molecular weight is 337 g/mol. The van der Waals surface area contributed by atoms with E-state index >= 15 is 0 Å². The number of hydrogen-bond acceptors (Lipinski definition) is 4. The Morgan fingerprint density at radius 2 is 1.79 bits per heavy atom. The Morgan fingerprint density at radius 1 is 1.17 bits per heavy atom. The van der Waals surface area contributed by atoms with Gasteiger partial charge in [0.05, 0.1) is 6.10 Å². The van der Waals surface area contributed by atoms with E-state index in [9.17, 15) is 19.8 Å². The number of aliphatic carboxylic acids is 1. The van der Waals surface area contributed by atoms with E-state index < -0.39 is 24.3 Å². The van der Waals surface area contributed by atoms with Crippen molar-refractivity contribution in [3.05, 3.63) is 35.9 Å². The predicted molar refractivity (Wildman–Crippen MR) is 90.8 cm³/mol. The number of amides is 1. The van der Waals surface area contributed by atoms with Crippen LogP contribution in [0.1, 0.15) is 32.3 Å². The van der Waals surface area contributed by atoms with Crippen molar-refractivity contribution < 1.29 is 24.5 Å². The van der Waals surface area contributed by atoms with Crippen molar-refractivity contribution in [1.82, 2.24) is 4.90 Å². The molecular weight excluding hydrogens is 310 g/mol. The van der Waals surface area contributed by atoms with E-state index in [1.165, 1.54) is 11.9 Å². The predicted octanol–water partition coefficient (Wildman–Crippen LogP) is 2.55. The first-order chi connectivity index (χ1) is 11.3. The Kier molecular flexibility index (Phi) is 8.26. The molecule has 1 aromatic carbocycles. The number of carboxylic acid groups (broad SMARTS) is 1. The summed E-state index contributed by atoms with van der Waals surface area (Å²) in [6.07, 6.45) is -1.11. The second-order valence-electron chi connectivity index (χ2n) is 6.41. The Labute approximate surface area is 143 Å². The van der Waals surface area contributed by atoms with Gasteiger partial charge in [-0.25, -0.2) is 9.59 Å². The summed E-state index contributed by atoms with van der Waals surface area (Å²) >= 11 is 0. The molecule has 0 aromatic heterocycles. The number of aliphatic hydroxyl groups is 1. The van der Waals surface area contributed by atoms with Crippen LogP contribution >= 0.6 is 0 Å². The molecule has 0 saturated heterocycles. The van der Waals surface area contributed by atoms with Gasteiger partial charge >= 0.3 is 12.1 Å². The van der Waals surface area contributed by atoms with Gasteiger partial charge in [0, 0.05) is 20.0 Å². The lowest BCUT2D eigenvalue weighted by atomic mass is 10.0. The third-order valence-electron chi connectivity index (χ3n) is 3.66. The highest BCUT2D eigenvalue weighted by molar-refractivity contribution is 5.77. The fourth-order valence-electron chi connectivity index (χ4n) is 2.23. The smallest absolute Gasteiger partial charge is 0.410 e. The summed E-state index contributed by atoms with van der Waals surface area (Å²) in [5, 5.41) is 19.2. The minimum atomic E-state index is -1.25. The van der Waals surface area contributed by atoms with Crippen molar-refractivity contribution in [2.75, 3.05) is 13.6 Å². The molecule has 0 aliphatic heterocycles. The number of carbonyl (C=O) groups is 2. The summed E-state index contributed by atoms with van der Waals surface area (Å²) in [6, 6.07) is 8.99. The van der Waals surface area contributed by atoms with Gasteiger partial charge in [0.2, 0.25) is 6.10 Å². The third kappa shape index (κ3) is 7.46. The van der Waals surface area contributed by atoms with Crippen molar-refractivity contribution in [1.29, 1.82) is 0 Å². The van der Waals surface area contributed by atoms with E-state index in [1.807, 2.05) is 6.07 Å². The van der Waals surface area contributed by atoms with E-state index in [4.69, 9.17) is 4.74 Å². The molecule has 24 heavy (non-hydrogen) atoms. The molecule has 1 rings (SSSR count). The molecule has 0 fully saturated rings. The lowest BCUT2D eigenvalue weighted by Crippen LogP contribution is -2.39. The average Bonchev–Trinajstić information content (AvgIpc) is 2.53. The highest BCUT2D eigenvalue weighted by Crippen LogP contribution is 2.10. The zero-order valence-corrected chi connectivity index (χ0v) is 14.5. The number of carboxylic acids is 1. The van der Waals surface area contributed by atoms with Crippen molar-refractivity contribution in [3.63, 3.8) is 0 Å². The Balaban J connectivity index is 2.53. The first kappa shape index (κ1) is 20.0. The van der Waals surface area contributed by atoms with E-state index in [0.29, 0.717) is 12.3 Å². The van der Waals surface area contributed by atoms with Crippen LogP contribution in [0.15, 0.2) is 30.3 Å². The van der Waals surface area contributed by atoms with E-state index in [0.717, 1.165) is 12.0 Å². The molecular formula is C18H27NO5. The molecule has 6 nitrogen and oxygen atoms in total. The normalized spacial score (nSPS) is 13.4. The highest BCUT2D eigenvalue weighted by atomic mass is 16.6. The quantitative estimate of drug-likeness (QED) is 0.723. The van der Waals surface area contributed by atoms with E-state index in [-0.39, 0.29) is 13.0 Å². The number of nitrogens with zero attached hydrogens (tertiary/aromatic N) is 1. The second-order valence-corrected chi connectivity index (χ2v) is 6.41. The summed E-state index contributed by atoms with van der Waals surface area (Å²) in [6.45, 7) is 4.24. The molecule has 0 radical (unpaired) electrons. The molecule has 0 bridgehead atoms. The summed E-state index contributed by atoms with van der Waals surface area (Å²) < 4.78 is 5.08. The number of carbonyl (C=O) groups excluding carboxylic acids is 1. The van der Waals surface area contributed by atoms with Crippen molar-refractivity contribution in [2.24, 2.45) is 5.92 Å². The topological polar surface area (TPSA) is 87.1 Å². The molecule has 1 aromatic rings. The zero-order valence-electron chi connectivity index (χ0n) is 14.5. The van der Waals surface area contributed by atoms with Crippen LogP contribution in [0.25, 0.3) is 0 Å². The SMILES string of the molecule is CC(C)CCC(O)CN(C)C(=O)O[C@@H](Cc1ccccc1)C(=O)O. The third-order valence-corrected chi connectivity index (χ3v) is 3.66. The maximum atomic E-state index is 12.1. The number of rotatable bonds is 9. The molecule has 2 N–H and O–H groups in total. The molecule has 2 atom stereocenters. The van der Waals surface area contributed by atoms with Gasteiger partial charge in [-0.2, -0.15) is 0 Å². The number of aliphatic hydroxyl groups excluding tert-OH is 1. The molecule has 0 saturated carbocycles. The van der Waals surface area contributed by atoms with Crippen molar-refractivity contribution in [2.45, 2.75) is 45.3 Å². The molecule has 134 valence electrons. The van der Waals surface area contributed by atoms with E-state index in [1.54, 1.807) is 24.3 Å². The van der Waals surface area contributed by atoms with Gasteiger partial charge in [0.1, 0.15) is 0 Å². The van der Waals surface area contributed by atoms with Gasteiger partial charge in [-0.15, -0.1) is 0 Å². The maximum Gasteiger partial charge on any atom is 0.410 e. The molecule has 0 aliphatic carbocycles. The molecule has 1 amide bonds. The summed E-state index contributed by atoms with van der Waals surface area (Å²) in [5.74, 6) is -0.722.